The molecule has 8 nitrogen and oxygen atoms in total. The maximum Gasteiger partial charge on any atom is 0.280 e. The van der Waals surface area contributed by atoms with E-state index in [1.807, 2.05) is 11.9 Å². The van der Waals surface area contributed by atoms with Gasteiger partial charge in [0, 0.05) is 20.1 Å². The lowest BCUT2D eigenvalue weighted by atomic mass is 10.1. The summed E-state index contributed by atoms with van der Waals surface area (Å²) in [5.41, 5.74) is 1.45. The van der Waals surface area contributed by atoms with Crippen molar-refractivity contribution in [3.05, 3.63) is 35.9 Å². The number of nitrogens with zero attached hydrogens (tertiary/aromatic N) is 5. The molecule has 0 unspecified atom stereocenters. The van der Waals surface area contributed by atoms with E-state index in [-0.39, 0.29) is 24.2 Å². The van der Waals surface area contributed by atoms with Gasteiger partial charge in [-0.05, 0) is 18.2 Å². The van der Waals surface area contributed by atoms with Gasteiger partial charge in [0.05, 0.1) is 30.8 Å². The van der Waals surface area contributed by atoms with E-state index in [0.717, 1.165) is 5.69 Å². The highest BCUT2D eigenvalue weighted by molar-refractivity contribution is 6.07. The molecule has 0 radical (unpaired) electrons. The number of aliphatic hydroxyl groups is 1. The van der Waals surface area contributed by atoms with Crippen LogP contribution in [0.15, 0.2) is 24.4 Å². The van der Waals surface area contributed by atoms with Gasteiger partial charge in [-0.25, -0.2) is 9.07 Å². The third-order valence-corrected chi connectivity index (χ3v) is 4.63. The van der Waals surface area contributed by atoms with Crippen molar-refractivity contribution in [2.75, 3.05) is 43.2 Å². The van der Waals surface area contributed by atoms with Crippen molar-refractivity contribution in [1.82, 2.24) is 15.0 Å². The zero-order chi connectivity index (χ0) is 17.6. The van der Waals surface area contributed by atoms with Crippen molar-refractivity contribution in [3.63, 3.8) is 0 Å². The number of carbonyl (C=O) groups is 1. The van der Waals surface area contributed by atoms with Crippen LogP contribution in [0.2, 0.25) is 0 Å². The highest BCUT2D eigenvalue weighted by Gasteiger charge is 2.32. The summed E-state index contributed by atoms with van der Waals surface area (Å²) >= 11 is 0. The number of hydrogen-bond acceptors (Lipinski definition) is 6. The Balaban J connectivity index is 1.63. The van der Waals surface area contributed by atoms with Crippen molar-refractivity contribution >= 4 is 17.3 Å². The van der Waals surface area contributed by atoms with Gasteiger partial charge < -0.3 is 19.6 Å². The summed E-state index contributed by atoms with van der Waals surface area (Å²) < 4.78 is 20.3. The average Bonchev–Trinajstić information content (AvgIpc) is 3.23. The van der Waals surface area contributed by atoms with Crippen LogP contribution in [0.1, 0.15) is 16.5 Å². The Bertz CT molecular complexity index is 811. The van der Waals surface area contributed by atoms with Crippen LogP contribution < -0.4 is 9.80 Å². The summed E-state index contributed by atoms with van der Waals surface area (Å²) in [7, 11) is 1.90. The molecule has 9 heteroatoms. The van der Waals surface area contributed by atoms with E-state index in [1.165, 1.54) is 27.9 Å². The Labute approximate surface area is 143 Å². The van der Waals surface area contributed by atoms with Crippen LogP contribution in [0.3, 0.4) is 0 Å². The fraction of sp³-hybridized carbons (Fsp3) is 0.438. The molecule has 1 fully saturated rings. The van der Waals surface area contributed by atoms with Gasteiger partial charge >= 0.3 is 0 Å². The van der Waals surface area contributed by atoms with Gasteiger partial charge in [-0.2, -0.15) is 0 Å². The number of amides is 1. The minimum absolute atomic E-state index is 0.152. The number of aliphatic hydroxyl groups excluding tert-OH is 1. The number of ether oxygens (including phenoxy) is 1. The van der Waals surface area contributed by atoms with Gasteiger partial charge in [0.1, 0.15) is 18.0 Å². The van der Waals surface area contributed by atoms with Crippen LogP contribution in [-0.4, -0.2) is 65.5 Å². The van der Waals surface area contributed by atoms with Crippen LogP contribution in [0, 0.1) is 5.82 Å². The molecule has 0 saturated carbocycles. The van der Waals surface area contributed by atoms with Gasteiger partial charge in [-0.15, -0.1) is 5.10 Å². The summed E-state index contributed by atoms with van der Waals surface area (Å²) in [5.74, 6) is -0.749. The topological polar surface area (TPSA) is 83.7 Å². The zero-order valence-electron chi connectivity index (χ0n) is 13.7. The molecule has 1 aromatic carbocycles. The lowest BCUT2D eigenvalue weighted by Crippen LogP contribution is -2.43. The molecule has 4 rings (SSSR count). The largest absolute Gasteiger partial charge is 0.388 e. The highest BCUT2D eigenvalue weighted by atomic mass is 19.1. The van der Waals surface area contributed by atoms with Gasteiger partial charge in [0.2, 0.25) is 0 Å². The Morgan fingerprint density at radius 2 is 2.16 bits per heavy atom. The molecule has 1 amide bonds. The molecule has 2 aromatic rings. The summed E-state index contributed by atoms with van der Waals surface area (Å²) in [5, 5.41) is 17.8. The van der Waals surface area contributed by atoms with E-state index in [1.54, 1.807) is 6.07 Å². The van der Waals surface area contributed by atoms with E-state index in [2.05, 4.69) is 10.3 Å². The van der Waals surface area contributed by atoms with Crippen molar-refractivity contribution in [2.45, 2.75) is 12.1 Å². The third-order valence-electron chi connectivity index (χ3n) is 4.63. The molecule has 3 heterocycles. The number of aromatic nitrogens is 3. The molecule has 2 aliphatic heterocycles. The smallest absolute Gasteiger partial charge is 0.280 e. The average molecular weight is 347 g/mol. The summed E-state index contributed by atoms with van der Waals surface area (Å²) in [6.07, 6.45) is 0.824. The number of anilines is 2. The van der Waals surface area contributed by atoms with Gasteiger partial charge in [0.15, 0.2) is 5.69 Å². The number of likely N-dealkylation sites (N-methyl/N-ethyl adjacent to an activating group) is 1. The molecule has 0 spiro atoms. The first kappa shape index (κ1) is 16.0. The standard InChI is InChI=1S/C16H18FN5O3/c1-20-4-5-21(13-6-10(17)2-3-12(13)20)16(24)11-7-22(19-18-11)14-8-25-9-15(14)23/h2-3,6-7,14-15,23H,4-5,8-9H2,1H3/t14-,15-/m1/s1. The Kier molecular flexibility index (Phi) is 3.89. The van der Waals surface area contributed by atoms with E-state index >= 15 is 0 Å². The van der Waals surface area contributed by atoms with Gasteiger partial charge in [-0.3, -0.25) is 4.79 Å². The molecule has 1 aromatic heterocycles. The number of carbonyl (C=O) groups excluding carboxylic acids is 1. The van der Waals surface area contributed by atoms with E-state index in [4.69, 9.17) is 4.74 Å². The van der Waals surface area contributed by atoms with Crippen LogP contribution >= 0.6 is 0 Å². The minimum Gasteiger partial charge on any atom is -0.388 e. The lowest BCUT2D eigenvalue weighted by Gasteiger charge is -2.35. The van der Waals surface area contributed by atoms with E-state index in [0.29, 0.717) is 25.4 Å². The third kappa shape index (κ3) is 2.75. The summed E-state index contributed by atoms with van der Waals surface area (Å²) in [4.78, 5) is 16.3. The van der Waals surface area contributed by atoms with Crippen molar-refractivity contribution < 1.29 is 19.0 Å². The van der Waals surface area contributed by atoms with Crippen molar-refractivity contribution in [3.8, 4) is 0 Å². The van der Waals surface area contributed by atoms with Crippen LogP contribution in [0.25, 0.3) is 0 Å². The number of hydrogen-bond donors (Lipinski definition) is 1. The molecular formula is C16H18FN5O3. The lowest BCUT2D eigenvalue weighted by molar-refractivity contribution is 0.0981. The molecule has 0 bridgehead atoms. The fourth-order valence-electron chi connectivity index (χ4n) is 3.20. The van der Waals surface area contributed by atoms with Crippen LogP contribution in [0.5, 0.6) is 0 Å². The van der Waals surface area contributed by atoms with E-state index in [9.17, 15) is 14.3 Å². The van der Waals surface area contributed by atoms with Crippen molar-refractivity contribution in [1.29, 1.82) is 0 Å². The molecule has 132 valence electrons. The monoisotopic (exact) mass is 347 g/mol. The Hall–Kier alpha value is -2.52. The fourth-order valence-corrected chi connectivity index (χ4v) is 3.20. The molecule has 1 saturated heterocycles. The van der Waals surface area contributed by atoms with Crippen molar-refractivity contribution in [2.24, 2.45) is 0 Å². The molecule has 0 aliphatic carbocycles. The first-order valence-corrected chi connectivity index (χ1v) is 8.05. The van der Waals surface area contributed by atoms with Gasteiger partial charge in [0.25, 0.3) is 5.91 Å². The van der Waals surface area contributed by atoms with Crippen LogP contribution in [-0.2, 0) is 4.74 Å². The maximum absolute atomic E-state index is 13.7. The van der Waals surface area contributed by atoms with E-state index < -0.39 is 11.9 Å². The Morgan fingerprint density at radius 1 is 1.32 bits per heavy atom. The molecule has 1 N–H and O–H groups in total. The Morgan fingerprint density at radius 3 is 2.92 bits per heavy atom. The first-order valence-electron chi connectivity index (χ1n) is 8.05. The summed E-state index contributed by atoms with van der Waals surface area (Å²) in [6.45, 7) is 1.61. The van der Waals surface area contributed by atoms with Crippen LogP contribution in [0.4, 0.5) is 15.8 Å². The van der Waals surface area contributed by atoms with Gasteiger partial charge in [-0.1, -0.05) is 5.21 Å². The minimum atomic E-state index is -0.678. The summed E-state index contributed by atoms with van der Waals surface area (Å²) in [6, 6.07) is 4.03. The molecular weight excluding hydrogens is 329 g/mol. The first-order chi connectivity index (χ1) is 12.0. The highest BCUT2D eigenvalue weighted by Crippen LogP contribution is 2.33. The number of benzene rings is 1. The molecule has 2 aliphatic rings. The zero-order valence-corrected chi connectivity index (χ0v) is 13.7. The normalized spacial score (nSPS) is 23.0. The maximum atomic E-state index is 13.7. The molecule has 25 heavy (non-hydrogen) atoms. The number of halogens is 1. The second kappa shape index (κ2) is 6.08. The number of fused-ring (bicyclic) bond motifs is 1. The second-order valence-electron chi connectivity index (χ2n) is 6.27. The number of rotatable bonds is 2. The molecule has 2 atom stereocenters. The predicted molar refractivity (Wildman–Crippen MR) is 87.2 cm³/mol. The predicted octanol–water partition coefficient (Wildman–Crippen LogP) is 0.446. The second-order valence-corrected chi connectivity index (χ2v) is 6.27. The SMILES string of the molecule is CN1CCN(C(=O)c2cn([C@@H]3COC[C@H]3O)nn2)c2cc(F)ccc21. The quantitative estimate of drug-likeness (QED) is 0.849.